The van der Waals surface area contributed by atoms with E-state index in [0.717, 1.165) is 13.0 Å². The molecule has 0 radical (unpaired) electrons. The lowest BCUT2D eigenvalue weighted by Crippen LogP contribution is -2.28. The van der Waals surface area contributed by atoms with E-state index in [1.165, 1.54) is 38.5 Å². The fourth-order valence-electron chi connectivity index (χ4n) is 1.69. The molecule has 0 aliphatic rings. The molecule has 0 aromatic rings. The lowest BCUT2D eigenvalue weighted by molar-refractivity contribution is 0.182. The molecule has 2 heteroatoms. The smallest absolute Gasteiger partial charge is 0.0524 e. The zero-order valence-electron chi connectivity index (χ0n) is 10.8. The molecule has 0 saturated carbocycles. The summed E-state index contributed by atoms with van der Waals surface area (Å²) < 4.78 is 0. The van der Waals surface area contributed by atoms with E-state index < -0.39 is 0 Å². The first-order valence-corrected chi connectivity index (χ1v) is 6.58. The van der Waals surface area contributed by atoms with Crippen molar-refractivity contribution < 1.29 is 5.11 Å². The summed E-state index contributed by atoms with van der Waals surface area (Å²) in [6.07, 6.45) is 8.75. The second-order valence-electron chi connectivity index (χ2n) is 4.70. The maximum atomic E-state index is 9.10. The predicted molar refractivity (Wildman–Crippen MR) is 67.1 cm³/mol. The Bertz CT molecular complexity index is 126. The van der Waals surface area contributed by atoms with Crippen LogP contribution in [-0.2, 0) is 0 Å². The van der Waals surface area contributed by atoms with Crippen molar-refractivity contribution in [2.45, 2.75) is 77.9 Å². The molecule has 0 aliphatic heterocycles. The van der Waals surface area contributed by atoms with E-state index in [-0.39, 0.29) is 6.10 Å². The second-order valence-corrected chi connectivity index (χ2v) is 4.70. The van der Waals surface area contributed by atoms with Crippen LogP contribution in [0.2, 0.25) is 0 Å². The molecule has 0 fully saturated rings. The maximum Gasteiger partial charge on any atom is 0.0524 e. The molecule has 0 amide bonds. The fourth-order valence-corrected chi connectivity index (χ4v) is 1.69. The zero-order chi connectivity index (χ0) is 11.5. The first kappa shape index (κ1) is 14.9. The van der Waals surface area contributed by atoms with E-state index in [0.29, 0.717) is 6.04 Å². The van der Waals surface area contributed by atoms with Gasteiger partial charge in [-0.25, -0.2) is 0 Å². The Kier molecular flexibility index (Phi) is 10.4. The van der Waals surface area contributed by atoms with E-state index in [9.17, 15) is 0 Å². The first-order chi connectivity index (χ1) is 7.16. The molecule has 2 N–H and O–H groups in total. The molecule has 0 aromatic heterocycles. The van der Waals surface area contributed by atoms with Crippen molar-refractivity contribution in [1.29, 1.82) is 0 Å². The molecule has 2 nitrogen and oxygen atoms in total. The molecular formula is C13H29NO. The van der Waals surface area contributed by atoms with Crippen LogP contribution in [0, 0.1) is 0 Å². The summed E-state index contributed by atoms with van der Waals surface area (Å²) in [6.45, 7) is 7.27. The quantitative estimate of drug-likeness (QED) is 0.549. The minimum atomic E-state index is -0.172. The summed E-state index contributed by atoms with van der Waals surface area (Å²) in [6, 6.07) is 0.602. The normalized spacial score (nSPS) is 15.2. The van der Waals surface area contributed by atoms with Gasteiger partial charge in [0.05, 0.1) is 6.10 Å². The number of aliphatic hydroxyl groups excluding tert-OH is 1. The van der Waals surface area contributed by atoms with Crippen LogP contribution >= 0.6 is 0 Å². The SMILES string of the molecule is CCCCCCC[C@@H](C)NCC[C@H](C)O. The topological polar surface area (TPSA) is 32.3 Å². The van der Waals surface area contributed by atoms with Crippen molar-refractivity contribution >= 4 is 0 Å². The van der Waals surface area contributed by atoms with Gasteiger partial charge in [-0.05, 0) is 33.2 Å². The van der Waals surface area contributed by atoms with Crippen LogP contribution in [0.5, 0.6) is 0 Å². The number of hydrogen-bond donors (Lipinski definition) is 2. The molecule has 2 atom stereocenters. The van der Waals surface area contributed by atoms with Crippen LogP contribution in [0.3, 0.4) is 0 Å². The summed E-state index contributed by atoms with van der Waals surface area (Å²) in [5, 5.41) is 12.5. The number of unbranched alkanes of at least 4 members (excludes halogenated alkanes) is 4. The summed E-state index contributed by atoms with van der Waals surface area (Å²) in [5.41, 5.74) is 0. The zero-order valence-corrected chi connectivity index (χ0v) is 10.8. The average molecular weight is 215 g/mol. The van der Waals surface area contributed by atoms with Crippen molar-refractivity contribution in [1.82, 2.24) is 5.32 Å². The number of rotatable bonds is 10. The summed E-state index contributed by atoms with van der Waals surface area (Å²) >= 11 is 0. The van der Waals surface area contributed by atoms with Crippen molar-refractivity contribution in [3.63, 3.8) is 0 Å². The average Bonchev–Trinajstić information content (AvgIpc) is 2.17. The van der Waals surface area contributed by atoms with Crippen molar-refractivity contribution in [2.75, 3.05) is 6.54 Å². The first-order valence-electron chi connectivity index (χ1n) is 6.58. The van der Waals surface area contributed by atoms with E-state index in [4.69, 9.17) is 5.11 Å². The Morgan fingerprint density at radius 2 is 1.67 bits per heavy atom. The van der Waals surface area contributed by atoms with E-state index in [2.05, 4.69) is 19.2 Å². The molecule has 0 aliphatic carbocycles. The second kappa shape index (κ2) is 10.4. The van der Waals surface area contributed by atoms with Crippen LogP contribution in [0.25, 0.3) is 0 Å². The van der Waals surface area contributed by atoms with Crippen LogP contribution in [0.1, 0.15) is 65.7 Å². The predicted octanol–water partition coefficient (Wildman–Crippen LogP) is 3.10. The highest BCUT2D eigenvalue weighted by molar-refractivity contribution is 4.62. The van der Waals surface area contributed by atoms with E-state index in [1.54, 1.807) is 0 Å². The Hall–Kier alpha value is -0.0800. The molecule has 15 heavy (non-hydrogen) atoms. The van der Waals surface area contributed by atoms with Gasteiger partial charge in [0, 0.05) is 6.04 Å². The van der Waals surface area contributed by atoms with Crippen LogP contribution in [-0.4, -0.2) is 23.8 Å². The summed E-state index contributed by atoms with van der Waals surface area (Å²) in [5.74, 6) is 0. The van der Waals surface area contributed by atoms with Gasteiger partial charge in [0.2, 0.25) is 0 Å². The number of nitrogens with one attached hydrogen (secondary N) is 1. The van der Waals surface area contributed by atoms with Crippen LogP contribution in [0.15, 0.2) is 0 Å². The molecule has 0 unspecified atom stereocenters. The largest absolute Gasteiger partial charge is 0.393 e. The number of aliphatic hydroxyl groups is 1. The third kappa shape index (κ3) is 11.8. The van der Waals surface area contributed by atoms with Gasteiger partial charge in [-0.2, -0.15) is 0 Å². The van der Waals surface area contributed by atoms with Gasteiger partial charge in [-0.15, -0.1) is 0 Å². The van der Waals surface area contributed by atoms with Gasteiger partial charge in [-0.3, -0.25) is 0 Å². The van der Waals surface area contributed by atoms with Gasteiger partial charge < -0.3 is 10.4 Å². The van der Waals surface area contributed by atoms with E-state index in [1.807, 2.05) is 6.92 Å². The molecule has 0 rings (SSSR count). The van der Waals surface area contributed by atoms with Crippen LogP contribution < -0.4 is 5.32 Å². The summed E-state index contributed by atoms with van der Waals surface area (Å²) in [4.78, 5) is 0. The van der Waals surface area contributed by atoms with Gasteiger partial charge in [0.25, 0.3) is 0 Å². The molecule has 0 saturated heterocycles. The van der Waals surface area contributed by atoms with Crippen molar-refractivity contribution in [2.24, 2.45) is 0 Å². The minimum absolute atomic E-state index is 0.172. The Labute approximate surface area is 95.5 Å². The highest BCUT2D eigenvalue weighted by Gasteiger charge is 2.01. The van der Waals surface area contributed by atoms with Crippen molar-refractivity contribution in [3.8, 4) is 0 Å². The minimum Gasteiger partial charge on any atom is -0.393 e. The lowest BCUT2D eigenvalue weighted by atomic mass is 10.1. The lowest BCUT2D eigenvalue weighted by Gasteiger charge is -2.14. The van der Waals surface area contributed by atoms with Gasteiger partial charge in [0.15, 0.2) is 0 Å². The van der Waals surface area contributed by atoms with Crippen molar-refractivity contribution in [3.05, 3.63) is 0 Å². The van der Waals surface area contributed by atoms with Gasteiger partial charge in [-0.1, -0.05) is 39.0 Å². The molecule has 0 aromatic carbocycles. The van der Waals surface area contributed by atoms with Gasteiger partial charge >= 0.3 is 0 Å². The Balaban J connectivity index is 3.15. The standard InChI is InChI=1S/C13H29NO/c1-4-5-6-7-8-9-12(2)14-11-10-13(3)15/h12-15H,4-11H2,1-3H3/t12-,13+/m1/s1. The number of hydrogen-bond acceptors (Lipinski definition) is 2. The van der Waals surface area contributed by atoms with Gasteiger partial charge in [0.1, 0.15) is 0 Å². The maximum absolute atomic E-state index is 9.10. The van der Waals surface area contributed by atoms with Crippen LogP contribution in [0.4, 0.5) is 0 Å². The van der Waals surface area contributed by atoms with E-state index >= 15 is 0 Å². The highest BCUT2D eigenvalue weighted by Crippen LogP contribution is 2.07. The Morgan fingerprint density at radius 1 is 1.00 bits per heavy atom. The third-order valence-electron chi connectivity index (χ3n) is 2.80. The monoisotopic (exact) mass is 215 g/mol. The third-order valence-corrected chi connectivity index (χ3v) is 2.80. The highest BCUT2D eigenvalue weighted by atomic mass is 16.3. The molecule has 0 spiro atoms. The Morgan fingerprint density at radius 3 is 2.27 bits per heavy atom. The molecule has 92 valence electrons. The molecular weight excluding hydrogens is 186 g/mol. The fraction of sp³-hybridized carbons (Fsp3) is 1.00. The molecule has 0 bridgehead atoms. The summed E-state index contributed by atoms with van der Waals surface area (Å²) in [7, 11) is 0. The molecule has 0 heterocycles.